The lowest BCUT2D eigenvalue weighted by Gasteiger charge is -2.12. The molecular weight excluding hydrogens is 218 g/mol. The van der Waals surface area contributed by atoms with Gasteiger partial charge in [-0.15, -0.1) is 21.5 Å². The van der Waals surface area contributed by atoms with Crippen LogP contribution < -0.4 is 5.32 Å². The highest BCUT2D eigenvalue weighted by atomic mass is 32.1. The fourth-order valence-electron chi connectivity index (χ4n) is 1.71. The van der Waals surface area contributed by atoms with Crippen LogP contribution in [0.25, 0.3) is 0 Å². The molecule has 0 bridgehead atoms. The van der Waals surface area contributed by atoms with Crippen LogP contribution in [0.4, 0.5) is 5.69 Å². The molecule has 0 aliphatic heterocycles. The summed E-state index contributed by atoms with van der Waals surface area (Å²) in [6, 6.07) is 6.39. The molecule has 84 valence electrons. The molecule has 0 atom stereocenters. The molecule has 0 unspecified atom stereocenters. The minimum absolute atomic E-state index is 0.753. The molecule has 1 N–H and O–H groups in total. The van der Waals surface area contributed by atoms with Crippen molar-refractivity contribution in [3.63, 3.8) is 0 Å². The Labute approximate surface area is 99.5 Å². The van der Waals surface area contributed by atoms with Gasteiger partial charge in [-0.3, -0.25) is 0 Å². The van der Waals surface area contributed by atoms with Gasteiger partial charge in [-0.1, -0.05) is 25.1 Å². The summed E-state index contributed by atoms with van der Waals surface area (Å²) >= 11 is 1.58. The minimum atomic E-state index is 0.753. The third kappa shape index (κ3) is 2.39. The highest BCUT2D eigenvalue weighted by Gasteiger charge is 2.04. The van der Waals surface area contributed by atoms with Crippen LogP contribution in [0, 0.1) is 6.92 Å². The number of anilines is 1. The zero-order valence-corrected chi connectivity index (χ0v) is 10.3. The van der Waals surface area contributed by atoms with E-state index in [-0.39, 0.29) is 0 Å². The van der Waals surface area contributed by atoms with Gasteiger partial charge in [-0.25, -0.2) is 0 Å². The molecule has 0 radical (unpaired) electrons. The topological polar surface area (TPSA) is 37.8 Å². The van der Waals surface area contributed by atoms with Gasteiger partial charge in [0.2, 0.25) is 0 Å². The standard InChI is InChI=1S/C12H15N3S/c1-3-10-6-4-5-9(2)12(10)13-7-11-15-14-8-16-11/h4-6,8,13H,3,7H2,1-2H3. The lowest BCUT2D eigenvalue weighted by atomic mass is 10.1. The quantitative estimate of drug-likeness (QED) is 0.882. The molecule has 0 saturated heterocycles. The molecule has 16 heavy (non-hydrogen) atoms. The molecule has 1 aromatic carbocycles. The van der Waals surface area contributed by atoms with Crippen LogP contribution in [0.2, 0.25) is 0 Å². The molecule has 0 amide bonds. The first-order valence-corrected chi connectivity index (χ1v) is 6.26. The average Bonchev–Trinajstić information content (AvgIpc) is 2.80. The van der Waals surface area contributed by atoms with Gasteiger partial charge >= 0.3 is 0 Å². The highest BCUT2D eigenvalue weighted by Crippen LogP contribution is 2.21. The summed E-state index contributed by atoms with van der Waals surface area (Å²) in [6.45, 7) is 5.05. The van der Waals surface area contributed by atoms with E-state index in [9.17, 15) is 0 Å². The van der Waals surface area contributed by atoms with Crippen molar-refractivity contribution in [3.8, 4) is 0 Å². The SMILES string of the molecule is CCc1cccc(C)c1NCc1nncs1. The zero-order chi connectivity index (χ0) is 11.4. The summed E-state index contributed by atoms with van der Waals surface area (Å²) in [7, 11) is 0. The lowest BCUT2D eigenvalue weighted by molar-refractivity contribution is 0.983. The third-order valence-corrected chi connectivity index (χ3v) is 3.26. The molecule has 1 heterocycles. The van der Waals surface area contributed by atoms with Crippen molar-refractivity contribution in [1.29, 1.82) is 0 Å². The Hall–Kier alpha value is -1.42. The second-order valence-corrected chi connectivity index (χ2v) is 4.57. The van der Waals surface area contributed by atoms with Gasteiger partial charge in [-0.2, -0.15) is 0 Å². The summed E-state index contributed by atoms with van der Waals surface area (Å²) in [6.07, 6.45) is 1.04. The molecule has 0 aliphatic rings. The second kappa shape index (κ2) is 5.07. The van der Waals surface area contributed by atoms with Gasteiger partial charge in [0.15, 0.2) is 0 Å². The fraction of sp³-hybridized carbons (Fsp3) is 0.333. The van der Waals surface area contributed by atoms with Crippen molar-refractivity contribution in [1.82, 2.24) is 10.2 Å². The monoisotopic (exact) mass is 233 g/mol. The van der Waals surface area contributed by atoms with Gasteiger partial charge in [0, 0.05) is 5.69 Å². The summed E-state index contributed by atoms with van der Waals surface area (Å²) < 4.78 is 0. The number of hydrogen-bond acceptors (Lipinski definition) is 4. The normalized spacial score (nSPS) is 10.4. The molecule has 0 spiro atoms. The smallest absolute Gasteiger partial charge is 0.136 e. The van der Waals surface area contributed by atoms with E-state index in [0.717, 1.165) is 18.0 Å². The Morgan fingerprint density at radius 3 is 2.94 bits per heavy atom. The van der Waals surface area contributed by atoms with E-state index in [1.54, 1.807) is 16.8 Å². The van der Waals surface area contributed by atoms with Gasteiger partial charge < -0.3 is 5.32 Å². The molecule has 0 fully saturated rings. The van der Waals surface area contributed by atoms with Crippen LogP contribution >= 0.6 is 11.3 Å². The van der Waals surface area contributed by atoms with Crippen LogP contribution in [-0.4, -0.2) is 10.2 Å². The predicted octanol–water partition coefficient (Wildman–Crippen LogP) is 3.02. The van der Waals surface area contributed by atoms with Gasteiger partial charge in [0.25, 0.3) is 0 Å². The first-order valence-electron chi connectivity index (χ1n) is 5.38. The molecule has 3 nitrogen and oxygen atoms in total. The van der Waals surface area contributed by atoms with E-state index in [4.69, 9.17) is 0 Å². The van der Waals surface area contributed by atoms with E-state index in [1.807, 2.05) is 0 Å². The summed E-state index contributed by atoms with van der Waals surface area (Å²) in [5.74, 6) is 0. The molecule has 2 aromatic rings. The second-order valence-electron chi connectivity index (χ2n) is 3.65. The van der Waals surface area contributed by atoms with Crippen molar-refractivity contribution in [3.05, 3.63) is 39.8 Å². The first-order chi connectivity index (χ1) is 7.81. The van der Waals surface area contributed by atoms with E-state index < -0.39 is 0 Å². The van der Waals surface area contributed by atoms with E-state index in [1.165, 1.54) is 16.8 Å². The summed E-state index contributed by atoms with van der Waals surface area (Å²) in [5, 5.41) is 12.3. The molecule has 2 rings (SSSR count). The Kier molecular flexibility index (Phi) is 3.51. The summed E-state index contributed by atoms with van der Waals surface area (Å²) in [4.78, 5) is 0. The Bertz CT molecular complexity index is 451. The number of aromatic nitrogens is 2. The fourth-order valence-corrected chi connectivity index (χ4v) is 2.18. The molecular formula is C12H15N3S. The van der Waals surface area contributed by atoms with Crippen LogP contribution in [0.5, 0.6) is 0 Å². The Morgan fingerprint density at radius 2 is 2.25 bits per heavy atom. The molecule has 0 saturated carbocycles. The number of nitrogens with one attached hydrogen (secondary N) is 1. The molecule has 1 aromatic heterocycles. The largest absolute Gasteiger partial charge is 0.378 e. The lowest BCUT2D eigenvalue weighted by Crippen LogP contribution is -2.03. The van der Waals surface area contributed by atoms with Crippen molar-refractivity contribution in [2.75, 3.05) is 5.32 Å². The minimum Gasteiger partial charge on any atom is -0.378 e. The predicted molar refractivity (Wildman–Crippen MR) is 67.8 cm³/mol. The maximum Gasteiger partial charge on any atom is 0.136 e. The van der Waals surface area contributed by atoms with Gasteiger partial charge in [-0.05, 0) is 24.5 Å². The zero-order valence-electron chi connectivity index (χ0n) is 9.53. The Balaban J connectivity index is 2.14. The van der Waals surface area contributed by atoms with Crippen molar-refractivity contribution in [2.24, 2.45) is 0 Å². The van der Waals surface area contributed by atoms with Crippen molar-refractivity contribution >= 4 is 17.0 Å². The number of hydrogen-bond donors (Lipinski definition) is 1. The number of aryl methyl sites for hydroxylation is 2. The average molecular weight is 233 g/mol. The van der Waals surface area contributed by atoms with E-state index in [0.29, 0.717) is 0 Å². The van der Waals surface area contributed by atoms with Crippen LogP contribution in [-0.2, 0) is 13.0 Å². The van der Waals surface area contributed by atoms with Crippen LogP contribution in [0.3, 0.4) is 0 Å². The number of nitrogens with zero attached hydrogens (tertiary/aromatic N) is 2. The molecule has 0 aliphatic carbocycles. The van der Waals surface area contributed by atoms with E-state index in [2.05, 4.69) is 47.6 Å². The Morgan fingerprint density at radius 1 is 1.38 bits per heavy atom. The maximum atomic E-state index is 4.02. The van der Waals surface area contributed by atoms with E-state index >= 15 is 0 Å². The van der Waals surface area contributed by atoms with Crippen molar-refractivity contribution in [2.45, 2.75) is 26.8 Å². The van der Waals surface area contributed by atoms with Crippen LogP contribution in [0.1, 0.15) is 23.1 Å². The number of benzene rings is 1. The highest BCUT2D eigenvalue weighted by molar-refractivity contribution is 7.09. The third-order valence-electron chi connectivity index (χ3n) is 2.56. The van der Waals surface area contributed by atoms with Crippen LogP contribution in [0.15, 0.2) is 23.7 Å². The number of rotatable bonds is 4. The summed E-state index contributed by atoms with van der Waals surface area (Å²) in [5.41, 5.74) is 5.63. The maximum absolute atomic E-state index is 4.02. The van der Waals surface area contributed by atoms with Gasteiger partial charge in [0.1, 0.15) is 10.5 Å². The first kappa shape index (κ1) is 11.1. The number of para-hydroxylation sites is 1. The van der Waals surface area contributed by atoms with Crippen molar-refractivity contribution < 1.29 is 0 Å². The molecule has 4 heteroatoms. The van der Waals surface area contributed by atoms with Gasteiger partial charge in [0.05, 0.1) is 6.54 Å².